The van der Waals surface area contributed by atoms with E-state index in [1.165, 1.54) is 11.1 Å². The third-order valence-corrected chi connectivity index (χ3v) is 7.81. The number of carbonyl (C=O) groups is 2. The summed E-state index contributed by atoms with van der Waals surface area (Å²) >= 11 is 0. The predicted molar refractivity (Wildman–Crippen MR) is 123 cm³/mol. The minimum absolute atomic E-state index is 0.208. The fourth-order valence-corrected chi connectivity index (χ4v) is 5.56. The molecule has 0 bridgehead atoms. The van der Waals surface area contributed by atoms with Gasteiger partial charge in [0.2, 0.25) is 0 Å². The molecular formula is C27H31NO5. The van der Waals surface area contributed by atoms with Gasteiger partial charge in [-0.1, -0.05) is 12.1 Å². The maximum Gasteiger partial charge on any atom is 0.338 e. The van der Waals surface area contributed by atoms with Crippen LogP contribution in [0.5, 0.6) is 0 Å². The number of cyclic esters (lactones) is 2. The summed E-state index contributed by atoms with van der Waals surface area (Å²) < 4.78 is 10.3. The molecule has 6 nitrogen and oxygen atoms in total. The van der Waals surface area contributed by atoms with E-state index in [0.29, 0.717) is 30.3 Å². The van der Waals surface area contributed by atoms with Crippen molar-refractivity contribution in [1.82, 2.24) is 4.90 Å². The van der Waals surface area contributed by atoms with Crippen LogP contribution in [0.1, 0.15) is 79.5 Å². The van der Waals surface area contributed by atoms with Gasteiger partial charge >= 0.3 is 11.9 Å². The molecule has 3 heterocycles. The van der Waals surface area contributed by atoms with Gasteiger partial charge in [-0.3, -0.25) is 0 Å². The van der Waals surface area contributed by atoms with Crippen molar-refractivity contribution in [2.75, 3.05) is 19.6 Å². The maximum atomic E-state index is 11.8. The number of ether oxygens (including phenoxy) is 2. The lowest BCUT2D eigenvalue weighted by molar-refractivity contribution is 0.0526. The lowest BCUT2D eigenvalue weighted by atomic mass is 9.86. The number of nitrogens with zero attached hydrogens (tertiary/aromatic N) is 1. The number of esters is 2. The minimum Gasteiger partial charge on any atom is -0.457 e. The van der Waals surface area contributed by atoms with Crippen LogP contribution < -0.4 is 0 Å². The number of aliphatic hydroxyl groups is 1. The van der Waals surface area contributed by atoms with Gasteiger partial charge in [-0.15, -0.1) is 0 Å². The first-order chi connectivity index (χ1) is 15.9. The van der Waals surface area contributed by atoms with Gasteiger partial charge in [-0.05, 0) is 92.9 Å². The highest BCUT2D eigenvalue weighted by Crippen LogP contribution is 2.34. The molecule has 3 aliphatic rings. The summed E-state index contributed by atoms with van der Waals surface area (Å²) in [5.74, 6) is 0.0194. The summed E-state index contributed by atoms with van der Waals surface area (Å²) in [6.45, 7) is 7.85. The average molecular weight is 450 g/mol. The van der Waals surface area contributed by atoms with Crippen LogP contribution in [-0.2, 0) is 29.1 Å². The number of piperidine rings is 1. The third-order valence-electron chi connectivity index (χ3n) is 7.81. The van der Waals surface area contributed by atoms with Crippen molar-refractivity contribution >= 4 is 11.9 Å². The van der Waals surface area contributed by atoms with E-state index in [0.717, 1.165) is 67.6 Å². The van der Waals surface area contributed by atoms with E-state index in [9.17, 15) is 14.7 Å². The lowest BCUT2D eigenvalue weighted by Crippen LogP contribution is -2.35. The number of likely N-dealkylation sites (tertiary alicyclic amines) is 1. The van der Waals surface area contributed by atoms with Crippen molar-refractivity contribution in [1.29, 1.82) is 0 Å². The summed E-state index contributed by atoms with van der Waals surface area (Å²) in [4.78, 5) is 26.0. The van der Waals surface area contributed by atoms with E-state index in [-0.39, 0.29) is 11.9 Å². The smallest absolute Gasteiger partial charge is 0.338 e. The fourth-order valence-electron chi connectivity index (χ4n) is 5.56. The Morgan fingerprint density at radius 3 is 2.21 bits per heavy atom. The normalized spacial score (nSPS) is 19.2. The summed E-state index contributed by atoms with van der Waals surface area (Å²) in [6, 6.07) is 7.66. The molecule has 6 heteroatoms. The Morgan fingerprint density at radius 2 is 1.55 bits per heavy atom. The lowest BCUT2D eigenvalue weighted by Gasteiger charge is -2.33. The Labute approximate surface area is 194 Å². The predicted octanol–water partition coefficient (Wildman–Crippen LogP) is 4.02. The number of hydrogen-bond donors (Lipinski definition) is 1. The summed E-state index contributed by atoms with van der Waals surface area (Å²) in [7, 11) is 0. The van der Waals surface area contributed by atoms with Gasteiger partial charge < -0.3 is 19.5 Å². The van der Waals surface area contributed by atoms with E-state index in [1.807, 2.05) is 19.1 Å². The van der Waals surface area contributed by atoms with Gasteiger partial charge in [-0.25, -0.2) is 9.59 Å². The van der Waals surface area contributed by atoms with Gasteiger partial charge in [0.05, 0.1) is 17.2 Å². The molecule has 5 rings (SSSR count). The van der Waals surface area contributed by atoms with Crippen LogP contribution in [0.15, 0.2) is 24.3 Å². The van der Waals surface area contributed by atoms with Crippen LogP contribution in [0.3, 0.4) is 0 Å². The number of carbonyl (C=O) groups excluding carboxylic acids is 2. The van der Waals surface area contributed by atoms with Gasteiger partial charge in [0, 0.05) is 17.7 Å². The molecular weight excluding hydrogens is 418 g/mol. The van der Waals surface area contributed by atoms with Crippen molar-refractivity contribution in [2.45, 2.75) is 58.8 Å². The third kappa shape index (κ3) is 4.18. The number of rotatable bonds is 6. The van der Waals surface area contributed by atoms with Crippen LogP contribution in [-0.4, -0.2) is 41.6 Å². The standard InChI is InChI=1S/C27H31NO5/c1-16-19(3-4-21-23(16)14-32-26(21)30)9-12-28-10-7-18(8-11-28)13-25(29)20-5-6-22-24(17(20)2)15-33-27(22)31/h3-6,18,25,29H,7-15H2,1-2H3. The SMILES string of the molecule is Cc1c(CCN2CCC(CC(O)c3ccc4c(c3C)COC4=O)CC2)ccc2c1COC2=O. The summed E-state index contributed by atoms with van der Waals surface area (Å²) in [6.07, 6.45) is 3.36. The largest absolute Gasteiger partial charge is 0.457 e. The van der Waals surface area contributed by atoms with Crippen molar-refractivity contribution < 1.29 is 24.2 Å². The van der Waals surface area contributed by atoms with Crippen molar-refractivity contribution in [3.05, 3.63) is 68.8 Å². The van der Waals surface area contributed by atoms with Gasteiger partial charge in [-0.2, -0.15) is 0 Å². The molecule has 1 unspecified atom stereocenters. The Hall–Kier alpha value is -2.70. The molecule has 2 aromatic carbocycles. The number of fused-ring (bicyclic) bond motifs is 2. The first kappa shape index (κ1) is 22.1. The van der Waals surface area contributed by atoms with Crippen molar-refractivity contribution in [2.24, 2.45) is 5.92 Å². The molecule has 2 aromatic rings. The first-order valence-electron chi connectivity index (χ1n) is 11.9. The highest BCUT2D eigenvalue weighted by molar-refractivity contribution is 5.94. The molecule has 1 fully saturated rings. The zero-order valence-electron chi connectivity index (χ0n) is 19.4. The molecule has 1 atom stereocenters. The van der Waals surface area contributed by atoms with Crippen LogP contribution in [0.2, 0.25) is 0 Å². The zero-order chi connectivity index (χ0) is 23.1. The highest BCUT2D eigenvalue weighted by Gasteiger charge is 2.28. The number of aliphatic hydroxyl groups excluding tert-OH is 1. The van der Waals surface area contributed by atoms with Crippen LogP contribution in [0.25, 0.3) is 0 Å². The van der Waals surface area contributed by atoms with Gasteiger partial charge in [0.15, 0.2) is 0 Å². The highest BCUT2D eigenvalue weighted by atomic mass is 16.5. The molecule has 174 valence electrons. The molecule has 0 radical (unpaired) electrons. The van der Waals surface area contributed by atoms with Crippen molar-refractivity contribution in [3.8, 4) is 0 Å². The Balaban J connectivity index is 1.13. The molecule has 3 aliphatic heterocycles. The maximum absolute atomic E-state index is 11.8. The van der Waals surface area contributed by atoms with E-state index in [4.69, 9.17) is 9.47 Å². The second-order valence-corrected chi connectivity index (χ2v) is 9.62. The first-order valence-corrected chi connectivity index (χ1v) is 11.9. The van der Waals surface area contributed by atoms with Gasteiger partial charge in [0.1, 0.15) is 13.2 Å². The molecule has 1 saturated heterocycles. The van der Waals surface area contributed by atoms with Gasteiger partial charge in [0.25, 0.3) is 0 Å². The number of hydrogen-bond acceptors (Lipinski definition) is 6. The van der Waals surface area contributed by atoms with Crippen LogP contribution in [0.4, 0.5) is 0 Å². The topological polar surface area (TPSA) is 76.1 Å². The molecule has 0 aromatic heterocycles. The molecule has 0 spiro atoms. The molecule has 33 heavy (non-hydrogen) atoms. The quantitative estimate of drug-likeness (QED) is 0.672. The molecule has 0 aliphatic carbocycles. The second-order valence-electron chi connectivity index (χ2n) is 9.62. The number of benzene rings is 2. The fraction of sp³-hybridized carbons (Fsp3) is 0.481. The minimum atomic E-state index is -0.512. The molecule has 0 amide bonds. The Bertz CT molecular complexity index is 1100. The monoisotopic (exact) mass is 449 g/mol. The van der Waals surface area contributed by atoms with E-state index in [2.05, 4.69) is 17.9 Å². The molecule has 1 N–H and O–H groups in total. The van der Waals surface area contributed by atoms with E-state index >= 15 is 0 Å². The second kappa shape index (κ2) is 8.92. The Kier molecular flexibility index (Phi) is 5.97. The Morgan fingerprint density at radius 1 is 0.939 bits per heavy atom. The summed E-state index contributed by atoms with van der Waals surface area (Å²) in [5, 5.41) is 10.9. The summed E-state index contributed by atoms with van der Waals surface area (Å²) in [5.41, 5.74) is 7.70. The van der Waals surface area contributed by atoms with Crippen molar-refractivity contribution in [3.63, 3.8) is 0 Å². The zero-order valence-corrected chi connectivity index (χ0v) is 19.4. The van der Waals surface area contributed by atoms with E-state index < -0.39 is 6.10 Å². The van der Waals surface area contributed by atoms with Crippen LogP contribution >= 0.6 is 0 Å². The molecule has 0 saturated carbocycles. The van der Waals surface area contributed by atoms with E-state index in [1.54, 1.807) is 6.07 Å². The van der Waals surface area contributed by atoms with Crippen LogP contribution in [0, 0.1) is 19.8 Å². The average Bonchev–Trinajstić information content (AvgIpc) is 3.38.